The maximum absolute atomic E-state index is 12.2. The van der Waals surface area contributed by atoms with E-state index in [0.717, 1.165) is 0 Å². The van der Waals surface area contributed by atoms with Crippen LogP contribution in [0.2, 0.25) is 0 Å². The van der Waals surface area contributed by atoms with Crippen molar-refractivity contribution in [3.63, 3.8) is 0 Å². The quantitative estimate of drug-likeness (QED) is 0.730. The van der Waals surface area contributed by atoms with Gasteiger partial charge in [0.05, 0.1) is 19.8 Å². The van der Waals surface area contributed by atoms with Crippen LogP contribution in [0.1, 0.15) is 33.6 Å². The Kier molecular flexibility index (Phi) is 5.17. The monoisotopic (exact) mass is 273 g/mol. The zero-order valence-electron chi connectivity index (χ0n) is 12.3. The SMILES string of the molecule is COC[C@@H]1CC[C@@H](C(=O)OC)N1C(=O)OC(C)(C)C. The van der Waals surface area contributed by atoms with Gasteiger partial charge in [-0.3, -0.25) is 4.90 Å². The van der Waals surface area contributed by atoms with Gasteiger partial charge in [0, 0.05) is 7.11 Å². The van der Waals surface area contributed by atoms with Crippen molar-refractivity contribution >= 4 is 12.1 Å². The van der Waals surface area contributed by atoms with Crippen molar-refractivity contribution < 1.29 is 23.8 Å². The molecule has 1 heterocycles. The number of hydrogen-bond acceptors (Lipinski definition) is 5. The Hall–Kier alpha value is -1.30. The van der Waals surface area contributed by atoms with E-state index in [-0.39, 0.29) is 6.04 Å². The van der Waals surface area contributed by atoms with Gasteiger partial charge in [-0.1, -0.05) is 0 Å². The van der Waals surface area contributed by atoms with E-state index in [9.17, 15) is 9.59 Å². The van der Waals surface area contributed by atoms with Crippen LogP contribution >= 0.6 is 0 Å². The molecule has 0 N–H and O–H groups in total. The van der Waals surface area contributed by atoms with Gasteiger partial charge in [-0.05, 0) is 33.6 Å². The highest BCUT2D eigenvalue weighted by Crippen LogP contribution is 2.27. The number of carbonyl (C=O) groups is 2. The first-order valence-electron chi connectivity index (χ1n) is 6.38. The zero-order chi connectivity index (χ0) is 14.6. The highest BCUT2D eigenvalue weighted by molar-refractivity contribution is 5.82. The molecule has 1 fully saturated rings. The van der Waals surface area contributed by atoms with Gasteiger partial charge in [0.15, 0.2) is 0 Å². The maximum Gasteiger partial charge on any atom is 0.411 e. The van der Waals surface area contributed by atoms with E-state index in [1.807, 2.05) is 0 Å². The molecule has 0 saturated carbocycles. The molecule has 110 valence electrons. The molecule has 6 heteroatoms. The minimum absolute atomic E-state index is 0.149. The summed E-state index contributed by atoms with van der Waals surface area (Å²) in [5.41, 5.74) is -0.599. The van der Waals surface area contributed by atoms with Crippen LogP contribution in [0.25, 0.3) is 0 Å². The fourth-order valence-electron chi connectivity index (χ4n) is 2.20. The minimum atomic E-state index is -0.599. The van der Waals surface area contributed by atoms with E-state index < -0.39 is 23.7 Å². The molecule has 6 nitrogen and oxygen atoms in total. The van der Waals surface area contributed by atoms with Gasteiger partial charge in [-0.15, -0.1) is 0 Å². The molecule has 0 bridgehead atoms. The zero-order valence-corrected chi connectivity index (χ0v) is 12.3. The summed E-state index contributed by atoms with van der Waals surface area (Å²) in [4.78, 5) is 25.4. The number of nitrogens with zero attached hydrogens (tertiary/aromatic N) is 1. The first-order valence-corrected chi connectivity index (χ1v) is 6.38. The van der Waals surface area contributed by atoms with Crippen LogP contribution in [0.4, 0.5) is 4.79 Å². The van der Waals surface area contributed by atoms with Crippen LogP contribution in [0.15, 0.2) is 0 Å². The number of methoxy groups -OCH3 is 2. The standard InChI is InChI=1S/C13H23NO5/c1-13(2,3)19-12(16)14-9(8-17-4)6-7-10(14)11(15)18-5/h9-10H,6-8H2,1-5H3/t9-,10-/m0/s1. The molecule has 19 heavy (non-hydrogen) atoms. The Morgan fingerprint density at radius 2 is 1.84 bits per heavy atom. The van der Waals surface area contributed by atoms with Crippen LogP contribution in [-0.2, 0) is 19.0 Å². The highest BCUT2D eigenvalue weighted by Gasteiger charge is 2.43. The fraction of sp³-hybridized carbons (Fsp3) is 0.846. The lowest BCUT2D eigenvalue weighted by Crippen LogP contribution is -2.48. The lowest BCUT2D eigenvalue weighted by Gasteiger charge is -2.31. The van der Waals surface area contributed by atoms with Gasteiger partial charge in [-0.2, -0.15) is 0 Å². The summed E-state index contributed by atoms with van der Waals surface area (Å²) in [6.45, 7) is 5.76. The van der Waals surface area contributed by atoms with E-state index >= 15 is 0 Å². The van der Waals surface area contributed by atoms with Crippen LogP contribution < -0.4 is 0 Å². The normalized spacial score (nSPS) is 23.3. The number of amides is 1. The van der Waals surface area contributed by atoms with Crippen molar-refractivity contribution in [2.75, 3.05) is 20.8 Å². The molecule has 0 aromatic rings. The Morgan fingerprint density at radius 3 is 2.32 bits per heavy atom. The van der Waals surface area contributed by atoms with Crippen molar-refractivity contribution in [1.29, 1.82) is 0 Å². The van der Waals surface area contributed by atoms with Gasteiger partial charge in [-0.25, -0.2) is 9.59 Å². The number of rotatable bonds is 3. The second-order valence-corrected chi connectivity index (χ2v) is 5.61. The van der Waals surface area contributed by atoms with Crippen LogP contribution in [0.5, 0.6) is 0 Å². The summed E-state index contributed by atoms with van der Waals surface area (Å²) in [6.07, 6.45) is 0.773. The molecule has 1 aliphatic rings. The van der Waals surface area contributed by atoms with Crippen molar-refractivity contribution in [3.05, 3.63) is 0 Å². The Bertz CT molecular complexity index is 336. The summed E-state index contributed by atoms with van der Waals surface area (Å²) in [6, 6.07) is -0.732. The fourth-order valence-corrected chi connectivity index (χ4v) is 2.20. The number of likely N-dealkylation sites (tertiary alicyclic amines) is 1. The largest absolute Gasteiger partial charge is 0.467 e. The molecule has 0 spiro atoms. The first-order chi connectivity index (χ1) is 8.80. The lowest BCUT2D eigenvalue weighted by molar-refractivity contribution is -0.146. The van der Waals surface area contributed by atoms with Gasteiger partial charge in [0.25, 0.3) is 0 Å². The maximum atomic E-state index is 12.2. The highest BCUT2D eigenvalue weighted by atomic mass is 16.6. The summed E-state index contributed by atoms with van der Waals surface area (Å²) in [5.74, 6) is -0.413. The Balaban J connectivity index is 2.85. The van der Waals surface area contributed by atoms with Crippen molar-refractivity contribution in [3.8, 4) is 0 Å². The average Bonchev–Trinajstić information content (AvgIpc) is 2.70. The third-order valence-corrected chi connectivity index (χ3v) is 2.94. The van der Waals surface area contributed by atoms with Gasteiger partial charge < -0.3 is 14.2 Å². The van der Waals surface area contributed by atoms with Crippen molar-refractivity contribution in [2.24, 2.45) is 0 Å². The molecule has 0 aromatic heterocycles. The molecule has 0 unspecified atom stereocenters. The van der Waals surface area contributed by atoms with Gasteiger partial charge in [0.1, 0.15) is 11.6 Å². The summed E-state index contributed by atoms with van der Waals surface area (Å²) >= 11 is 0. The summed E-state index contributed by atoms with van der Waals surface area (Å²) < 4.78 is 15.2. The topological polar surface area (TPSA) is 65.1 Å². The lowest BCUT2D eigenvalue weighted by atomic mass is 10.2. The molecule has 0 radical (unpaired) electrons. The van der Waals surface area contributed by atoms with Crippen LogP contribution in [0.3, 0.4) is 0 Å². The van der Waals surface area contributed by atoms with Gasteiger partial charge >= 0.3 is 12.1 Å². The Morgan fingerprint density at radius 1 is 1.21 bits per heavy atom. The minimum Gasteiger partial charge on any atom is -0.467 e. The molecule has 1 saturated heterocycles. The first kappa shape index (κ1) is 15.8. The third kappa shape index (κ3) is 4.09. The summed E-state index contributed by atoms with van der Waals surface area (Å²) in [5, 5.41) is 0. The van der Waals surface area contributed by atoms with Crippen LogP contribution in [0, 0.1) is 0 Å². The number of hydrogen-bond donors (Lipinski definition) is 0. The number of esters is 1. The second-order valence-electron chi connectivity index (χ2n) is 5.61. The molecule has 1 aliphatic heterocycles. The van der Waals surface area contributed by atoms with E-state index in [2.05, 4.69) is 0 Å². The van der Waals surface area contributed by atoms with E-state index in [4.69, 9.17) is 14.2 Å². The third-order valence-electron chi connectivity index (χ3n) is 2.94. The molecular formula is C13H23NO5. The molecule has 0 aromatic carbocycles. The Labute approximate surface area is 114 Å². The number of ether oxygens (including phenoxy) is 3. The molecule has 1 amide bonds. The smallest absolute Gasteiger partial charge is 0.411 e. The van der Waals surface area contributed by atoms with Gasteiger partial charge in [0.2, 0.25) is 0 Å². The summed E-state index contributed by atoms with van der Waals surface area (Å²) in [7, 11) is 2.89. The van der Waals surface area contributed by atoms with Crippen LogP contribution in [-0.4, -0.2) is 55.5 Å². The second kappa shape index (κ2) is 6.23. The predicted molar refractivity (Wildman–Crippen MR) is 68.8 cm³/mol. The number of carbonyl (C=O) groups excluding carboxylic acids is 2. The molecule has 2 atom stereocenters. The van der Waals surface area contributed by atoms with Crippen molar-refractivity contribution in [2.45, 2.75) is 51.3 Å². The predicted octanol–water partition coefficient (Wildman–Crippen LogP) is 1.57. The van der Waals surface area contributed by atoms with E-state index in [0.29, 0.717) is 19.4 Å². The van der Waals surface area contributed by atoms with E-state index in [1.165, 1.54) is 12.0 Å². The average molecular weight is 273 g/mol. The molecule has 1 rings (SSSR count). The molecular weight excluding hydrogens is 250 g/mol. The van der Waals surface area contributed by atoms with E-state index in [1.54, 1.807) is 27.9 Å². The molecule has 0 aliphatic carbocycles. The van der Waals surface area contributed by atoms with Crippen molar-refractivity contribution in [1.82, 2.24) is 4.90 Å².